The molecule has 1 aliphatic rings. The van der Waals surface area contributed by atoms with Crippen molar-refractivity contribution in [3.8, 4) is 5.75 Å². The van der Waals surface area contributed by atoms with E-state index in [1.54, 1.807) is 20.1 Å². The number of methoxy groups -OCH3 is 1. The smallest absolute Gasteiger partial charge is 0.326 e. The second-order valence-corrected chi connectivity index (χ2v) is 7.98. The molecule has 2 amide bonds. The van der Waals surface area contributed by atoms with Crippen molar-refractivity contribution in [2.24, 2.45) is 0 Å². The molecule has 1 aromatic rings. The number of ether oxygens (including phenoxy) is 2. The van der Waals surface area contributed by atoms with Crippen molar-refractivity contribution in [1.82, 2.24) is 4.90 Å². The molecule has 0 saturated carbocycles. The van der Waals surface area contributed by atoms with Gasteiger partial charge in [-0.1, -0.05) is 0 Å². The molecule has 1 aliphatic heterocycles. The lowest BCUT2D eigenvalue weighted by atomic mass is 10.2. The number of carbonyl (C=O) groups excluding carboxylic acids is 3. The molecule has 0 N–H and O–H groups in total. The van der Waals surface area contributed by atoms with Crippen LogP contribution in [0.3, 0.4) is 0 Å². The molecule has 0 spiro atoms. The average Bonchev–Trinajstić information content (AvgIpc) is 2.75. The first kappa shape index (κ1) is 19.5. The molecular weight excluding hydrogens is 560 g/mol. The van der Waals surface area contributed by atoms with Crippen LogP contribution in [0.15, 0.2) is 17.0 Å². The monoisotopic (exact) mass is 573 g/mol. The molecule has 0 bridgehead atoms. The lowest BCUT2D eigenvalue weighted by Gasteiger charge is -2.11. The van der Waals surface area contributed by atoms with Gasteiger partial charge in [-0.2, -0.15) is 0 Å². The third-order valence-electron chi connectivity index (χ3n) is 2.99. The minimum absolute atomic E-state index is 0.197. The minimum atomic E-state index is -0.609. The summed E-state index contributed by atoms with van der Waals surface area (Å²) in [5.74, 6) is -0.482. The van der Waals surface area contributed by atoms with Crippen molar-refractivity contribution in [2.45, 2.75) is 6.92 Å². The molecule has 1 saturated heterocycles. The Balaban J connectivity index is 2.31. The normalized spacial score (nSPS) is 16.0. The summed E-state index contributed by atoms with van der Waals surface area (Å²) >= 11 is 5.11. The van der Waals surface area contributed by atoms with E-state index >= 15 is 0 Å². The van der Waals surface area contributed by atoms with E-state index in [1.807, 2.05) is 12.1 Å². The van der Waals surface area contributed by atoms with E-state index in [9.17, 15) is 14.4 Å². The fraction of sp³-hybridized carbons (Fsp3) is 0.267. The second kappa shape index (κ2) is 8.52. The van der Waals surface area contributed by atoms with E-state index in [4.69, 9.17) is 9.47 Å². The Bertz CT molecular complexity index is 735. The number of rotatable bonds is 5. The van der Waals surface area contributed by atoms with Crippen LogP contribution in [0.2, 0.25) is 0 Å². The summed E-state index contributed by atoms with van der Waals surface area (Å²) in [5, 5.41) is -0.487. The van der Waals surface area contributed by atoms with Gasteiger partial charge in [0.1, 0.15) is 12.3 Å². The van der Waals surface area contributed by atoms with Gasteiger partial charge in [-0.05, 0) is 82.1 Å². The van der Waals surface area contributed by atoms with Crippen LogP contribution in [0, 0.1) is 7.14 Å². The van der Waals surface area contributed by atoms with Crippen LogP contribution in [0.1, 0.15) is 12.5 Å². The largest absolute Gasteiger partial charge is 0.495 e. The van der Waals surface area contributed by atoms with Gasteiger partial charge >= 0.3 is 5.97 Å². The maximum Gasteiger partial charge on any atom is 0.326 e. The molecule has 0 radical (unpaired) electrons. The molecule has 1 fully saturated rings. The highest BCUT2D eigenvalue weighted by Crippen LogP contribution is 2.36. The van der Waals surface area contributed by atoms with E-state index in [0.717, 1.165) is 23.8 Å². The molecule has 6 nitrogen and oxygen atoms in total. The van der Waals surface area contributed by atoms with Gasteiger partial charge in [-0.25, -0.2) is 0 Å². The first-order valence-corrected chi connectivity index (χ1v) is 9.78. The van der Waals surface area contributed by atoms with Gasteiger partial charge in [-0.3, -0.25) is 19.3 Å². The predicted molar refractivity (Wildman–Crippen MR) is 108 cm³/mol. The summed E-state index contributed by atoms with van der Waals surface area (Å²) in [5.41, 5.74) is 0.704. The third kappa shape index (κ3) is 4.42. The molecule has 2 rings (SSSR count). The molecule has 0 unspecified atom stereocenters. The van der Waals surface area contributed by atoms with Crippen LogP contribution in [0.25, 0.3) is 6.08 Å². The standard InChI is InChI=1S/C15H13I2NO5S/c1-3-23-12(19)7-18-14(20)11(24-15(18)21)5-8-4-9(16)6-10(17)13(8)22-2/h4-6H,3,7H2,1-2H3/b11-5-. The number of thioether (sulfide) groups is 1. The summed E-state index contributed by atoms with van der Waals surface area (Å²) in [6.07, 6.45) is 1.61. The van der Waals surface area contributed by atoms with Crippen LogP contribution >= 0.6 is 56.9 Å². The number of benzene rings is 1. The predicted octanol–water partition coefficient (Wildman–Crippen LogP) is 3.50. The van der Waals surface area contributed by atoms with Gasteiger partial charge in [0, 0.05) is 9.13 Å². The molecule has 0 aromatic heterocycles. The SMILES string of the molecule is CCOC(=O)CN1C(=O)S/C(=C\c2cc(I)cc(I)c2OC)C1=O. The number of amides is 2. The molecule has 1 heterocycles. The van der Waals surface area contributed by atoms with Crippen molar-refractivity contribution in [2.75, 3.05) is 20.3 Å². The summed E-state index contributed by atoms with van der Waals surface area (Å²) in [6, 6.07) is 3.81. The highest BCUT2D eigenvalue weighted by molar-refractivity contribution is 14.1. The van der Waals surface area contributed by atoms with Gasteiger partial charge in [-0.15, -0.1) is 0 Å². The van der Waals surface area contributed by atoms with Gasteiger partial charge < -0.3 is 9.47 Å². The van der Waals surface area contributed by atoms with Crippen molar-refractivity contribution in [1.29, 1.82) is 0 Å². The van der Waals surface area contributed by atoms with Crippen molar-refractivity contribution < 1.29 is 23.9 Å². The van der Waals surface area contributed by atoms with Crippen LogP contribution < -0.4 is 4.74 Å². The lowest BCUT2D eigenvalue weighted by molar-refractivity contribution is -0.145. The quantitative estimate of drug-likeness (QED) is 0.305. The maximum atomic E-state index is 12.4. The van der Waals surface area contributed by atoms with Crippen molar-refractivity contribution >= 4 is 80.1 Å². The average molecular weight is 573 g/mol. The molecular formula is C15H13I2NO5S. The molecule has 9 heteroatoms. The third-order valence-corrected chi connectivity index (χ3v) is 5.33. The Kier molecular flexibility index (Phi) is 6.92. The van der Waals surface area contributed by atoms with E-state index in [0.29, 0.717) is 11.3 Å². The molecule has 24 heavy (non-hydrogen) atoms. The first-order valence-electron chi connectivity index (χ1n) is 6.81. The number of hydrogen-bond donors (Lipinski definition) is 0. The summed E-state index contributed by atoms with van der Waals surface area (Å²) in [4.78, 5) is 37.1. The molecule has 1 aromatic carbocycles. The Morgan fingerprint density at radius 2 is 2.04 bits per heavy atom. The lowest BCUT2D eigenvalue weighted by Crippen LogP contribution is -2.34. The summed E-state index contributed by atoms with van der Waals surface area (Å²) in [7, 11) is 1.55. The Morgan fingerprint density at radius 3 is 2.67 bits per heavy atom. The summed E-state index contributed by atoms with van der Waals surface area (Å²) in [6.45, 7) is 1.48. The number of hydrogen-bond acceptors (Lipinski definition) is 6. The number of imide groups is 1. The summed E-state index contributed by atoms with van der Waals surface area (Å²) < 4.78 is 12.0. The van der Waals surface area contributed by atoms with Gasteiger partial charge in [0.05, 0.1) is 22.2 Å². The van der Waals surface area contributed by atoms with Gasteiger partial charge in [0.25, 0.3) is 11.1 Å². The zero-order valence-electron chi connectivity index (χ0n) is 12.8. The fourth-order valence-electron chi connectivity index (χ4n) is 2.02. The topological polar surface area (TPSA) is 72.9 Å². The molecule has 128 valence electrons. The number of esters is 1. The second-order valence-electron chi connectivity index (χ2n) is 4.58. The van der Waals surface area contributed by atoms with Crippen molar-refractivity contribution in [3.05, 3.63) is 29.7 Å². The number of carbonyl (C=O) groups is 3. The number of nitrogens with zero attached hydrogens (tertiary/aromatic N) is 1. The van der Waals surface area contributed by atoms with E-state index in [2.05, 4.69) is 45.2 Å². The van der Waals surface area contributed by atoms with E-state index in [1.165, 1.54) is 0 Å². The Hall–Kier alpha value is -0.820. The zero-order valence-corrected chi connectivity index (χ0v) is 17.9. The zero-order chi connectivity index (χ0) is 17.9. The molecule has 0 atom stereocenters. The first-order chi connectivity index (χ1) is 11.4. The van der Waals surface area contributed by atoms with Gasteiger partial charge in [0.2, 0.25) is 0 Å². The van der Waals surface area contributed by atoms with Crippen LogP contribution in [0.4, 0.5) is 4.79 Å². The Labute approximate surface area is 170 Å². The van der Waals surface area contributed by atoms with Gasteiger partial charge in [0.15, 0.2) is 0 Å². The van der Waals surface area contributed by atoms with Crippen LogP contribution in [0.5, 0.6) is 5.75 Å². The number of halogens is 2. The van der Waals surface area contributed by atoms with E-state index in [-0.39, 0.29) is 18.1 Å². The molecule has 0 aliphatic carbocycles. The fourth-order valence-corrected chi connectivity index (χ4v) is 4.96. The van der Waals surface area contributed by atoms with Crippen LogP contribution in [-0.2, 0) is 14.3 Å². The highest BCUT2D eigenvalue weighted by atomic mass is 127. The highest BCUT2D eigenvalue weighted by Gasteiger charge is 2.36. The maximum absolute atomic E-state index is 12.4. The van der Waals surface area contributed by atoms with Crippen molar-refractivity contribution in [3.63, 3.8) is 0 Å². The van der Waals surface area contributed by atoms with E-state index < -0.39 is 17.1 Å². The minimum Gasteiger partial charge on any atom is -0.495 e. The Morgan fingerprint density at radius 1 is 1.33 bits per heavy atom. The van der Waals surface area contributed by atoms with Crippen LogP contribution in [-0.4, -0.2) is 42.3 Å².